The molecule has 2 rings (SSSR count). The van der Waals surface area contributed by atoms with Crippen molar-refractivity contribution in [3.8, 4) is 11.6 Å². The molecule has 8 nitrogen and oxygen atoms in total. The van der Waals surface area contributed by atoms with E-state index in [2.05, 4.69) is 5.10 Å². The Bertz CT molecular complexity index is 741. The molecule has 0 amide bonds. The first-order valence-corrected chi connectivity index (χ1v) is 6.07. The Morgan fingerprint density at radius 3 is 2.76 bits per heavy atom. The van der Waals surface area contributed by atoms with Crippen LogP contribution in [0.15, 0.2) is 18.2 Å². The second-order valence-corrected chi connectivity index (χ2v) is 4.60. The lowest BCUT2D eigenvalue weighted by atomic mass is 10.2. The van der Waals surface area contributed by atoms with E-state index in [0.29, 0.717) is 0 Å². The summed E-state index contributed by atoms with van der Waals surface area (Å²) < 4.78 is 6.56. The van der Waals surface area contributed by atoms with E-state index in [9.17, 15) is 14.9 Å². The number of benzene rings is 1. The van der Waals surface area contributed by atoms with Gasteiger partial charge in [-0.3, -0.25) is 10.1 Å². The second-order valence-electron chi connectivity index (χ2n) is 4.17. The van der Waals surface area contributed by atoms with Crippen LogP contribution >= 0.6 is 11.6 Å². The Morgan fingerprint density at radius 1 is 1.52 bits per heavy atom. The standard InChI is InChI=1S/C12H10ClN3O5/c1-6-10(16(19)20)11(15(2)14-6)21-9-4-3-7(13)5-8(9)12(17)18/h3-5H,1-2H3,(H,17,18). The molecule has 0 fully saturated rings. The Morgan fingerprint density at radius 2 is 2.19 bits per heavy atom. The normalized spacial score (nSPS) is 10.4. The first kappa shape index (κ1) is 14.8. The van der Waals surface area contributed by atoms with Crippen molar-refractivity contribution in [1.82, 2.24) is 9.78 Å². The average molecular weight is 312 g/mol. The molecule has 1 heterocycles. The van der Waals surface area contributed by atoms with Gasteiger partial charge in [-0.15, -0.1) is 0 Å². The number of aromatic carboxylic acids is 1. The molecule has 0 aliphatic heterocycles. The molecule has 0 aliphatic rings. The Balaban J connectivity index is 2.53. The molecule has 1 aromatic carbocycles. The van der Waals surface area contributed by atoms with Crippen molar-refractivity contribution >= 4 is 23.3 Å². The molecule has 0 aliphatic carbocycles. The zero-order chi connectivity index (χ0) is 15.7. The molecule has 0 bridgehead atoms. The number of rotatable bonds is 4. The maximum absolute atomic E-state index is 11.2. The van der Waals surface area contributed by atoms with Gasteiger partial charge in [-0.1, -0.05) is 11.6 Å². The van der Waals surface area contributed by atoms with Crippen LogP contribution < -0.4 is 4.74 Å². The van der Waals surface area contributed by atoms with Crippen molar-refractivity contribution in [2.45, 2.75) is 6.92 Å². The van der Waals surface area contributed by atoms with Crippen LogP contribution in [0.25, 0.3) is 0 Å². The number of aryl methyl sites for hydroxylation is 2. The summed E-state index contributed by atoms with van der Waals surface area (Å²) in [5.41, 5.74) is -0.345. The third-order valence-corrected chi connectivity index (χ3v) is 2.94. The molecule has 9 heteroatoms. The Kier molecular flexibility index (Phi) is 3.81. The highest BCUT2D eigenvalue weighted by Gasteiger charge is 2.27. The van der Waals surface area contributed by atoms with Crippen LogP contribution in [0.2, 0.25) is 5.02 Å². The molecule has 1 aromatic heterocycles. The fourth-order valence-electron chi connectivity index (χ4n) is 1.81. The predicted octanol–water partition coefficient (Wildman–Crippen LogP) is 2.78. The SMILES string of the molecule is Cc1nn(C)c(Oc2ccc(Cl)cc2C(=O)O)c1[N+](=O)[O-]. The highest BCUT2D eigenvalue weighted by molar-refractivity contribution is 6.31. The zero-order valence-corrected chi connectivity index (χ0v) is 11.8. The summed E-state index contributed by atoms with van der Waals surface area (Å²) in [4.78, 5) is 21.6. The largest absolute Gasteiger partial charge is 0.478 e. The van der Waals surface area contributed by atoms with Crippen LogP contribution in [-0.4, -0.2) is 25.8 Å². The molecule has 21 heavy (non-hydrogen) atoms. The molecule has 0 radical (unpaired) electrons. The van der Waals surface area contributed by atoms with E-state index in [1.54, 1.807) is 0 Å². The summed E-state index contributed by atoms with van der Waals surface area (Å²) >= 11 is 5.74. The van der Waals surface area contributed by atoms with Gasteiger partial charge in [0.25, 0.3) is 5.88 Å². The molecular formula is C12H10ClN3O5. The van der Waals surface area contributed by atoms with Crippen molar-refractivity contribution in [2.75, 3.05) is 0 Å². The molecule has 1 N–H and O–H groups in total. The number of halogens is 1. The molecule has 2 aromatic rings. The topological polar surface area (TPSA) is 107 Å². The lowest BCUT2D eigenvalue weighted by Crippen LogP contribution is -2.03. The van der Waals surface area contributed by atoms with E-state index >= 15 is 0 Å². The van der Waals surface area contributed by atoms with Crippen LogP contribution in [-0.2, 0) is 7.05 Å². The van der Waals surface area contributed by atoms with Gasteiger partial charge >= 0.3 is 11.7 Å². The number of hydrogen-bond acceptors (Lipinski definition) is 5. The predicted molar refractivity (Wildman–Crippen MR) is 73.1 cm³/mol. The minimum absolute atomic E-state index is 0.0574. The third kappa shape index (κ3) is 2.79. The minimum Gasteiger partial charge on any atom is -0.478 e. The van der Waals surface area contributed by atoms with Crippen LogP contribution in [0.5, 0.6) is 11.6 Å². The van der Waals surface area contributed by atoms with Gasteiger partial charge in [0.2, 0.25) is 0 Å². The number of carboxylic acids is 1. The van der Waals surface area contributed by atoms with Gasteiger partial charge in [0.05, 0.1) is 4.92 Å². The molecule has 0 saturated heterocycles. The summed E-state index contributed by atoms with van der Waals surface area (Å²) in [6, 6.07) is 3.96. The first-order chi connectivity index (χ1) is 9.81. The molecule has 0 saturated carbocycles. The maximum Gasteiger partial charge on any atom is 0.353 e. The number of nitrogens with zero attached hydrogens (tertiary/aromatic N) is 3. The van der Waals surface area contributed by atoms with Gasteiger partial charge in [-0.25, -0.2) is 9.48 Å². The lowest BCUT2D eigenvalue weighted by Gasteiger charge is -2.08. The van der Waals surface area contributed by atoms with E-state index in [1.807, 2.05) is 0 Å². The van der Waals surface area contributed by atoms with Crippen molar-refractivity contribution < 1.29 is 19.6 Å². The average Bonchev–Trinajstić information content (AvgIpc) is 2.66. The number of carboxylic acid groups (broad SMARTS) is 1. The van der Waals surface area contributed by atoms with Gasteiger partial charge in [-0.05, 0) is 25.1 Å². The second kappa shape index (κ2) is 5.41. The summed E-state index contributed by atoms with van der Waals surface area (Å²) in [6.45, 7) is 1.46. The van der Waals surface area contributed by atoms with Gasteiger partial charge < -0.3 is 9.84 Å². The molecule has 0 unspecified atom stereocenters. The summed E-state index contributed by atoms with van der Waals surface area (Å²) in [5.74, 6) is -1.46. The van der Waals surface area contributed by atoms with Gasteiger partial charge in [-0.2, -0.15) is 5.10 Å². The number of nitro groups is 1. The molecule has 0 atom stereocenters. The van der Waals surface area contributed by atoms with Crippen molar-refractivity contribution in [3.05, 3.63) is 44.6 Å². The summed E-state index contributed by atoms with van der Waals surface area (Å²) in [7, 11) is 1.46. The Hall–Kier alpha value is -2.61. The summed E-state index contributed by atoms with van der Waals surface area (Å²) in [6.07, 6.45) is 0. The van der Waals surface area contributed by atoms with Crippen LogP contribution in [0.1, 0.15) is 16.1 Å². The zero-order valence-electron chi connectivity index (χ0n) is 11.0. The van der Waals surface area contributed by atoms with Crippen molar-refractivity contribution in [2.24, 2.45) is 7.05 Å². The molecule has 110 valence electrons. The smallest absolute Gasteiger partial charge is 0.353 e. The van der Waals surface area contributed by atoms with Gasteiger partial charge in [0, 0.05) is 12.1 Å². The summed E-state index contributed by atoms with van der Waals surface area (Å²) in [5, 5.41) is 24.3. The van der Waals surface area contributed by atoms with Crippen LogP contribution in [0.4, 0.5) is 5.69 Å². The van der Waals surface area contributed by atoms with Crippen molar-refractivity contribution in [3.63, 3.8) is 0 Å². The third-order valence-electron chi connectivity index (χ3n) is 2.70. The monoisotopic (exact) mass is 311 g/mol. The highest BCUT2D eigenvalue weighted by Crippen LogP contribution is 2.35. The first-order valence-electron chi connectivity index (χ1n) is 5.70. The number of carbonyl (C=O) groups is 1. The Labute approximate surface area is 123 Å². The van der Waals surface area contributed by atoms with Crippen molar-refractivity contribution in [1.29, 1.82) is 0 Å². The van der Waals surface area contributed by atoms with E-state index in [4.69, 9.17) is 21.4 Å². The van der Waals surface area contributed by atoms with E-state index in [0.717, 1.165) is 0 Å². The lowest BCUT2D eigenvalue weighted by molar-refractivity contribution is -0.386. The van der Waals surface area contributed by atoms with Gasteiger partial charge in [0.1, 0.15) is 17.0 Å². The van der Waals surface area contributed by atoms with Gasteiger partial charge in [0.15, 0.2) is 0 Å². The van der Waals surface area contributed by atoms with Crippen LogP contribution in [0, 0.1) is 17.0 Å². The molecular weight excluding hydrogens is 302 g/mol. The number of hydrogen-bond donors (Lipinski definition) is 1. The van der Waals surface area contributed by atoms with E-state index < -0.39 is 10.9 Å². The maximum atomic E-state index is 11.2. The number of aromatic nitrogens is 2. The van der Waals surface area contributed by atoms with E-state index in [-0.39, 0.29) is 33.6 Å². The quantitative estimate of drug-likeness (QED) is 0.687. The molecule has 0 spiro atoms. The highest BCUT2D eigenvalue weighted by atomic mass is 35.5. The fourth-order valence-corrected chi connectivity index (χ4v) is 1.98. The fraction of sp³-hybridized carbons (Fsp3) is 0.167. The minimum atomic E-state index is -1.26. The van der Waals surface area contributed by atoms with Crippen LogP contribution in [0.3, 0.4) is 0 Å². The van der Waals surface area contributed by atoms with E-state index in [1.165, 1.54) is 36.9 Å². The number of ether oxygens (including phenoxy) is 1.